The number of carbonyl (C=O) groups excluding carboxylic acids is 1. The molecule has 15 heavy (non-hydrogen) atoms. The number of carbonyl (C=O) groups is 1. The Hall–Kier alpha value is -0.610. The molecular formula is C11H24N2O2. The van der Waals surface area contributed by atoms with E-state index in [0.717, 1.165) is 25.8 Å². The lowest BCUT2D eigenvalue weighted by atomic mass is 10.2. The molecule has 0 aromatic heterocycles. The van der Waals surface area contributed by atoms with Crippen molar-refractivity contribution in [3.05, 3.63) is 0 Å². The van der Waals surface area contributed by atoms with E-state index in [2.05, 4.69) is 5.32 Å². The molecule has 0 aliphatic carbocycles. The van der Waals surface area contributed by atoms with Crippen molar-refractivity contribution in [1.29, 1.82) is 0 Å². The van der Waals surface area contributed by atoms with Gasteiger partial charge in [-0.15, -0.1) is 0 Å². The molecule has 0 heterocycles. The Kier molecular flexibility index (Phi) is 7.34. The van der Waals surface area contributed by atoms with Crippen LogP contribution < -0.4 is 11.1 Å². The van der Waals surface area contributed by atoms with Crippen LogP contribution in [0.4, 0.5) is 0 Å². The van der Waals surface area contributed by atoms with Gasteiger partial charge >= 0.3 is 0 Å². The number of nitrogens with two attached hydrogens (primary N) is 1. The zero-order valence-electron chi connectivity index (χ0n) is 10.1. The van der Waals surface area contributed by atoms with Crippen molar-refractivity contribution in [3.63, 3.8) is 0 Å². The lowest BCUT2D eigenvalue weighted by Gasteiger charge is -2.18. The normalized spacial score (nSPS) is 11.5. The third-order valence-corrected chi connectivity index (χ3v) is 1.84. The average molecular weight is 216 g/mol. The van der Waals surface area contributed by atoms with Gasteiger partial charge in [-0.2, -0.15) is 0 Å². The van der Waals surface area contributed by atoms with Crippen molar-refractivity contribution < 1.29 is 9.53 Å². The summed E-state index contributed by atoms with van der Waals surface area (Å²) in [5.41, 5.74) is 5.11. The number of ether oxygens (including phenoxy) is 1. The number of nitrogens with one attached hydrogen (secondary N) is 1. The molecule has 0 aromatic carbocycles. The highest BCUT2D eigenvalue weighted by molar-refractivity contribution is 5.77. The van der Waals surface area contributed by atoms with Crippen molar-refractivity contribution in [1.82, 2.24) is 5.32 Å². The highest BCUT2D eigenvalue weighted by atomic mass is 16.5. The van der Waals surface area contributed by atoms with Gasteiger partial charge in [0.15, 0.2) is 0 Å². The van der Waals surface area contributed by atoms with Gasteiger partial charge in [-0.05, 0) is 40.2 Å². The zero-order valence-corrected chi connectivity index (χ0v) is 10.1. The molecule has 0 aromatic rings. The van der Waals surface area contributed by atoms with Gasteiger partial charge in [0.2, 0.25) is 5.91 Å². The fourth-order valence-corrected chi connectivity index (χ4v) is 1.01. The molecule has 0 spiro atoms. The first kappa shape index (κ1) is 14.4. The van der Waals surface area contributed by atoms with Crippen LogP contribution >= 0.6 is 0 Å². The molecule has 0 fully saturated rings. The Balaban J connectivity index is 3.34. The summed E-state index contributed by atoms with van der Waals surface area (Å²) in [4.78, 5) is 11.3. The van der Waals surface area contributed by atoms with Gasteiger partial charge in [0.1, 0.15) is 6.61 Å². The third-order valence-electron chi connectivity index (χ3n) is 1.84. The molecule has 90 valence electrons. The largest absolute Gasteiger partial charge is 0.366 e. The van der Waals surface area contributed by atoms with Crippen LogP contribution in [0.25, 0.3) is 0 Å². The minimum Gasteiger partial charge on any atom is -0.366 e. The maximum Gasteiger partial charge on any atom is 0.246 e. The number of amides is 1. The van der Waals surface area contributed by atoms with Gasteiger partial charge in [-0.1, -0.05) is 6.42 Å². The molecule has 0 atom stereocenters. The minimum atomic E-state index is -0.253. The van der Waals surface area contributed by atoms with Crippen LogP contribution in [0.2, 0.25) is 0 Å². The van der Waals surface area contributed by atoms with Crippen LogP contribution in [0, 0.1) is 0 Å². The fourth-order valence-electron chi connectivity index (χ4n) is 1.01. The highest BCUT2D eigenvalue weighted by Gasteiger charge is 2.12. The molecule has 0 rings (SSSR count). The van der Waals surface area contributed by atoms with Crippen molar-refractivity contribution in [2.75, 3.05) is 19.7 Å². The van der Waals surface area contributed by atoms with Crippen molar-refractivity contribution in [2.24, 2.45) is 5.73 Å². The molecular weight excluding hydrogens is 192 g/mol. The maximum atomic E-state index is 11.3. The molecule has 0 unspecified atom stereocenters. The maximum absolute atomic E-state index is 11.3. The minimum absolute atomic E-state index is 0.0438. The molecule has 0 saturated heterocycles. The van der Waals surface area contributed by atoms with E-state index in [1.54, 1.807) is 0 Å². The summed E-state index contributed by atoms with van der Waals surface area (Å²) in [5.74, 6) is -0.0438. The molecule has 4 nitrogen and oxygen atoms in total. The first-order valence-electron chi connectivity index (χ1n) is 5.56. The topological polar surface area (TPSA) is 64.3 Å². The highest BCUT2D eigenvalue weighted by Crippen LogP contribution is 2.05. The first-order valence-corrected chi connectivity index (χ1v) is 5.56. The van der Waals surface area contributed by atoms with E-state index in [1.165, 1.54) is 0 Å². The van der Waals surface area contributed by atoms with Crippen molar-refractivity contribution in [2.45, 2.75) is 45.6 Å². The monoisotopic (exact) mass is 216 g/mol. The smallest absolute Gasteiger partial charge is 0.246 e. The molecule has 0 aliphatic heterocycles. The summed E-state index contributed by atoms with van der Waals surface area (Å²) in [6.07, 6.45) is 3.07. The average Bonchev–Trinajstić information content (AvgIpc) is 2.13. The second-order valence-electron chi connectivity index (χ2n) is 4.60. The van der Waals surface area contributed by atoms with Gasteiger partial charge < -0.3 is 15.8 Å². The van der Waals surface area contributed by atoms with Crippen molar-refractivity contribution >= 4 is 5.91 Å². The van der Waals surface area contributed by atoms with E-state index in [1.807, 2.05) is 20.8 Å². The summed E-state index contributed by atoms with van der Waals surface area (Å²) in [6.45, 7) is 7.37. The number of rotatable bonds is 7. The Bertz CT molecular complexity index is 176. The van der Waals surface area contributed by atoms with Crippen LogP contribution in [-0.2, 0) is 9.53 Å². The van der Waals surface area contributed by atoms with Crippen LogP contribution in [0.5, 0.6) is 0 Å². The molecule has 0 aliphatic rings. The van der Waals surface area contributed by atoms with E-state index < -0.39 is 0 Å². The number of hydrogen-bond acceptors (Lipinski definition) is 3. The quantitative estimate of drug-likeness (QED) is 0.625. The second-order valence-corrected chi connectivity index (χ2v) is 4.60. The lowest BCUT2D eigenvalue weighted by Crippen LogP contribution is -2.32. The molecule has 0 radical (unpaired) electrons. The Morgan fingerprint density at radius 3 is 2.47 bits per heavy atom. The standard InChI is InChI=1S/C11H24N2O2/c1-11(2,3)15-9-10(14)13-8-6-4-5-7-12/h4-9,12H2,1-3H3,(H,13,14). The van der Waals surface area contributed by atoms with E-state index in [-0.39, 0.29) is 18.1 Å². The predicted octanol–water partition coefficient (Wildman–Crippen LogP) is 1.05. The van der Waals surface area contributed by atoms with E-state index >= 15 is 0 Å². The van der Waals surface area contributed by atoms with Crippen molar-refractivity contribution in [3.8, 4) is 0 Å². The van der Waals surface area contributed by atoms with Gasteiger partial charge in [0.25, 0.3) is 0 Å². The summed E-state index contributed by atoms with van der Waals surface area (Å²) in [7, 11) is 0. The fraction of sp³-hybridized carbons (Fsp3) is 0.909. The first-order chi connectivity index (χ1) is 6.95. The molecule has 3 N–H and O–H groups in total. The van der Waals surface area contributed by atoms with Gasteiger partial charge in [0, 0.05) is 6.54 Å². The zero-order chi connectivity index (χ0) is 11.7. The number of unbranched alkanes of at least 4 members (excludes halogenated alkanes) is 2. The van der Waals surface area contributed by atoms with Gasteiger partial charge in [0.05, 0.1) is 5.60 Å². The third kappa shape index (κ3) is 11.3. The molecule has 0 bridgehead atoms. The Morgan fingerprint density at radius 1 is 1.27 bits per heavy atom. The van der Waals surface area contributed by atoms with E-state index in [0.29, 0.717) is 6.54 Å². The van der Waals surface area contributed by atoms with Crippen LogP contribution in [0.3, 0.4) is 0 Å². The van der Waals surface area contributed by atoms with Crippen LogP contribution in [0.1, 0.15) is 40.0 Å². The van der Waals surface area contributed by atoms with Crippen LogP contribution in [0.15, 0.2) is 0 Å². The molecule has 4 heteroatoms. The summed E-state index contributed by atoms with van der Waals surface area (Å²) < 4.78 is 5.34. The second kappa shape index (κ2) is 7.65. The Morgan fingerprint density at radius 2 is 1.93 bits per heavy atom. The summed E-state index contributed by atoms with van der Waals surface area (Å²) in [5, 5.41) is 2.81. The Labute approximate surface area is 92.6 Å². The lowest BCUT2D eigenvalue weighted by molar-refractivity contribution is -0.130. The summed E-state index contributed by atoms with van der Waals surface area (Å²) in [6, 6.07) is 0. The predicted molar refractivity (Wildman–Crippen MR) is 61.6 cm³/mol. The van der Waals surface area contributed by atoms with Crippen LogP contribution in [-0.4, -0.2) is 31.2 Å². The van der Waals surface area contributed by atoms with E-state index in [4.69, 9.17) is 10.5 Å². The van der Waals surface area contributed by atoms with Gasteiger partial charge in [-0.25, -0.2) is 0 Å². The number of hydrogen-bond donors (Lipinski definition) is 2. The summed E-state index contributed by atoms with van der Waals surface area (Å²) >= 11 is 0. The SMILES string of the molecule is CC(C)(C)OCC(=O)NCCCCCN. The molecule has 0 saturated carbocycles. The van der Waals surface area contributed by atoms with Gasteiger partial charge in [-0.3, -0.25) is 4.79 Å². The van der Waals surface area contributed by atoms with E-state index in [9.17, 15) is 4.79 Å². The molecule has 1 amide bonds.